The normalized spacial score (nSPS) is 24.2. The predicted octanol–water partition coefficient (Wildman–Crippen LogP) is 0.752. The summed E-state index contributed by atoms with van der Waals surface area (Å²) in [5.74, 6) is -0.139. The molecular weight excluding hydrogens is 316 g/mol. The molecule has 2 aliphatic heterocycles. The quantitative estimate of drug-likeness (QED) is 0.711. The third-order valence-electron chi connectivity index (χ3n) is 5.15. The molecule has 6 nitrogen and oxygen atoms in total. The molecule has 6 heteroatoms. The molecule has 0 radical (unpaired) electrons. The number of nitrogens with one attached hydrogen (secondary N) is 2. The summed E-state index contributed by atoms with van der Waals surface area (Å²) in [6.07, 6.45) is 3.89. The van der Waals surface area contributed by atoms with Crippen LogP contribution in [0.4, 0.5) is 0 Å². The maximum Gasteiger partial charge on any atom is 0.237 e. The molecule has 2 unspecified atom stereocenters. The van der Waals surface area contributed by atoms with Crippen LogP contribution >= 0.6 is 0 Å². The van der Waals surface area contributed by atoms with Gasteiger partial charge in [0, 0.05) is 19.6 Å². The minimum atomic E-state index is -0.193. The summed E-state index contributed by atoms with van der Waals surface area (Å²) >= 11 is 0. The molecule has 2 heterocycles. The standard InChI is InChI=1S/C19H28N4O2/c20-18(24)16-6-3-9-23(13-16)12-15-5-1-4-14(10-15)11-22-19(25)17-7-2-8-21-17/h1,4-5,10,16-17,21H,2-3,6-9,11-13H2,(H2,20,24)(H,22,25). The number of amides is 2. The molecule has 3 rings (SSSR count). The minimum Gasteiger partial charge on any atom is -0.369 e. The third-order valence-corrected chi connectivity index (χ3v) is 5.15. The average Bonchev–Trinajstić information content (AvgIpc) is 3.15. The minimum absolute atomic E-state index is 0.0323. The fraction of sp³-hybridized carbons (Fsp3) is 0.579. The zero-order valence-electron chi connectivity index (χ0n) is 14.7. The van der Waals surface area contributed by atoms with Crippen molar-refractivity contribution in [1.29, 1.82) is 0 Å². The van der Waals surface area contributed by atoms with Crippen LogP contribution in [0.15, 0.2) is 24.3 Å². The molecule has 0 spiro atoms. The highest BCUT2D eigenvalue weighted by atomic mass is 16.2. The molecule has 0 bridgehead atoms. The molecule has 2 amide bonds. The number of carbonyl (C=O) groups is 2. The molecule has 1 aromatic carbocycles. The van der Waals surface area contributed by atoms with Crippen LogP contribution in [0.25, 0.3) is 0 Å². The second-order valence-corrected chi connectivity index (χ2v) is 7.16. The Balaban J connectivity index is 1.52. The van der Waals surface area contributed by atoms with Crippen molar-refractivity contribution >= 4 is 11.8 Å². The van der Waals surface area contributed by atoms with Gasteiger partial charge in [0.25, 0.3) is 0 Å². The van der Waals surface area contributed by atoms with Crippen molar-refractivity contribution < 1.29 is 9.59 Å². The lowest BCUT2D eigenvalue weighted by Gasteiger charge is -2.31. The Hall–Kier alpha value is -1.92. The van der Waals surface area contributed by atoms with Gasteiger partial charge in [0.15, 0.2) is 0 Å². The molecular formula is C19H28N4O2. The largest absolute Gasteiger partial charge is 0.369 e. The first-order valence-electron chi connectivity index (χ1n) is 9.22. The van der Waals surface area contributed by atoms with E-state index in [1.54, 1.807) is 0 Å². The fourth-order valence-corrected chi connectivity index (χ4v) is 3.75. The monoisotopic (exact) mass is 344 g/mol. The Morgan fingerprint density at radius 3 is 2.84 bits per heavy atom. The molecule has 0 aromatic heterocycles. The highest BCUT2D eigenvalue weighted by molar-refractivity contribution is 5.82. The zero-order chi connectivity index (χ0) is 17.6. The van der Waals surface area contributed by atoms with E-state index in [4.69, 9.17) is 5.73 Å². The van der Waals surface area contributed by atoms with Crippen molar-refractivity contribution in [2.75, 3.05) is 19.6 Å². The Labute approximate surface area is 149 Å². The summed E-state index contributed by atoms with van der Waals surface area (Å²) < 4.78 is 0. The Morgan fingerprint density at radius 2 is 2.08 bits per heavy atom. The van der Waals surface area contributed by atoms with Gasteiger partial charge in [0.1, 0.15) is 0 Å². The highest BCUT2D eigenvalue weighted by Crippen LogP contribution is 2.18. The maximum atomic E-state index is 12.1. The molecule has 0 aliphatic carbocycles. The van der Waals surface area contributed by atoms with E-state index in [2.05, 4.69) is 27.7 Å². The van der Waals surface area contributed by atoms with Gasteiger partial charge in [-0.2, -0.15) is 0 Å². The number of nitrogens with two attached hydrogens (primary N) is 1. The first-order valence-corrected chi connectivity index (χ1v) is 9.22. The molecule has 2 fully saturated rings. The number of piperidine rings is 1. The van der Waals surface area contributed by atoms with Crippen LogP contribution in [0.3, 0.4) is 0 Å². The van der Waals surface area contributed by atoms with Gasteiger partial charge in [-0.1, -0.05) is 24.3 Å². The van der Waals surface area contributed by atoms with Crippen molar-refractivity contribution in [3.05, 3.63) is 35.4 Å². The average molecular weight is 344 g/mol. The third kappa shape index (κ3) is 5.03. The van der Waals surface area contributed by atoms with Crippen LogP contribution in [0.5, 0.6) is 0 Å². The summed E-state index contributed by atoms with van der Waals surface area (Å²) in [6.45, 7) is 4.03. The lowest BCUT2D eigenvalue weighted by Crippen LogP contribution is -2.40. The summed E-state index contributed by atoms with van der Waals surface area (Å²) in [5.41, 5.74) is 7.76. The summed E-state index contributed by atoms with van der Waals surface area (Å²) in [6, 6.07) is 8.25. The lowest BCUT2D eigenvalue weighted by molar-refractivity contribution is -0.124. The Morgan fingerprint density at radius 1 is 1.24 bits per heavy atom. The van der Waals surface area contributed by atoms with Gasteiger partial charge >= 0.3 is 0 Å². The number of benzene rings is 1. The number of likely N-dealkylation sites (tertiary alicyclic amines) is 1. The van der Waals surface area contributed by atoms with Gasteiger partial charge in [0.2, 0.25) is 11.8 Å². The van der Waals surface area contributed by atoms with Crippen molar-refractivity contribution in [2.45, 2.75) is 44.8 Å². The van der Waals surface area contributed by atoms with Crippen LogP contribution in [0.2, 0.25) is 0 Å². The van der Waals surface area contributed by atoms with E-state index in [0.717, 1.165) is 57.4 Å². The van der Waals surface area contributed by atoms with Gasteiger partial charge in [-0.05, 0) is 49.9 Å². The van der Waals surface area contributed by atoms with Crippen LogP contribution in [-0.4, -0.2) is 42.4 Å². The Bertz CT molecular complexity index is 613. The SMILES string of the molecule is NC(=O)C1CCCN(Cc2cccc(CNC(=O)C3CCCN3)c2)C1. The number of hydrogen-bond acceptors (Lipinski definition) is 4. The maximum absolute atomic E-state index is 12.1. The van der Waals surface area contributed by atoms with Gasteiger partial charge < -0.3 is 16.4 Å². The first-order chi connectivity index (χ1) is 12.1. The van der Waals surface area contributed by atoms with E-state index in [1.165, 1.54) is 5.56 Å². The van der Waals surface area contributed by atoms with Crippen LogP contribution < -0.4 is 16.4 Å². The summed E-state index contributed by atoms with van der Waals surface area (Å²) in [5, 5.41) is 6.23. The van der Waals surface area contributed by atoms with Gasteiger partial charge in [-0.25, -0.2) is 0 Å². The van der Waals surface area contributed by atoms with Gasteiger partial charge in [-0.15, -0.1) is 0 Å². The lowest BCUT2D eigenvalue weighted by atomic mass is 9.97. The van der Waals surface area contributed by atoms with E-state index in [0.29, 0.717) is 6.54 Å². The molecule has 136 valence electrons. The predicted molar refractivity (Wildman–Crippen MR) is 96.5 cm³/mol. The van der Waals surface area contributed by atoms with Crippen molar-refractivity contribution in [1.82, 2.24) is 15.5 Å². The van der Waals surface area contributed by atoms with E-state index >= 15 is 0 Å². The van der Waals surface area contributed by atoms with Crippen molar-refractivity contribution in [3.63, 3.8) is 0 Å². The smallest absolute Gasteiger partial charge is 0.237 e. The number of carbonyl (C=O) groups excluding carboxylic acids is 2. The number of primary amides is 1. The summed E-state index contributed by atoms with van der Waals surface area (Å²) in [4.78, 5) is 25.8. The molecule has 0 saturated carbocycles. The van der Waals surface area contributed by atoms with Crippen molar-refractivity contribution in [2.24, 2.45) is 11.7 Å². The van der Waals surface area contributed by atoms with Crippen LogP contribution in [-0.2, 0) is 22.7 Å². The van der Waals surface area contributed by atoms with Gasteiger partial charge in [0.05, 0.1) is 12.0 Å². The van der Waals surface area contributed by atoms with E-state index in [9.17, 15) is 9.59 Å². The number of rotatable bonds is 6. The number of nitrogens with zero attached hydrogens (tertiary/aromatic N) is 1. The summed E-state index contributed by atoms with van der Waals surface area (Å²) in [7, 11) is 0. The number of hydrogen-bond donors (Lipinski definition) is 3. The van der Waals surface area contributed by atoms with E-state index in [-0.39, 0.29) is 23.8 Å². The van der Waals surface area contributed by atoms with Gasteiger partial charge in [-0.3, -0.25) is 14.5 Å². The fourth-order valence-electron chi connectivity index (χ4n) is 3.75. The van der Waals surface area contributed by atoms with Crippen molar-refractivity contribution in [3.8, 4) is 0 Å². The molecule has 2 aliphatic rings. The Kier molecular flexibility index (Phi) is 6.04. The second-order valence-electron chi connectivity index (χ2n) is 7.16. The highest BCUT2D eigenvalue weighted by Gasteiger charge is 2.24. The zero-order valence-corrected chi connectivity index (χ0v) is 14.7. The topological polar surface area (TPSA) is 87.5 Å². The molecule has 2 saturated heterocycles. The van der Waals surface area contributed by atoms with Crippen LogP contribution in [0, 0.1) is 5.92 Å². The van der Waals surface area contributed by atoms with E-state index in [1.807, 2.05) is 12.1 Å². The molecule has 4 N–H and O–H groups in total. The van der Waals surface area contributed by atoms with E-state index < -0.39 is 0 Å². The molecule has 2 atom stereocenters. The first kappa shape index (κ1) is 17.9. The molecule has 25 heavy (non-hydrogen) atoms. The van der Waals surface area contributed by atoms with Crippen LogP contribution in [0.1, 0.15) is 36.8 Å². The second kappa shape index (κ2) is 8.45. The molecule has 1 aromatic rings.